The van der Waals surface area contributed by atoms with Crippen molar-refractivity contribution in [1.29, 1.82) is 0 Å². The van der Waals surface area contributed by atoms with Gasteiger partial charge in [0.1, 0.15) is 11.5 Å². The molecule has 1 amide bonds. The molecule has 1 aliphatic heterocycles. The van der Waals surface area contributed by atoms with E-state index in [4.69, 9.17) is 21.7 Å². The molecule has 1 fully saturated rings. The molecule has 154 valence electrons. The van der Waals surface area contributed by atoms with Crippen molar-refractivity contribution in [2.75, 3.05) is 4.90 Å². The molecule has 0 saturated carbocycles. The van der Waals surface area contributed by atoms with Crippen LogP contribution in [0.5, 0.6) is 0 Å². The number of nitrogens with zero attached hydrogens (tertiary/aromatic N) is 1. The number of ketones is 1. The highest BCUT2D eigenvalue weighted by atomic mass is 32.2. The molecule has 1 saturated heterocycles. The zero-order chi connectivity index (χ0) is 22.1. The van der Waals surface area contributed by atoms with Gasteiger partial charge in [-0.25, -0.2) is 4.79 Å². The first-order chi connectivity index (χ1) is 14.8. The number of carboxylic acid groups (broad SMARTS) is 1. The van der Waals surface area contributed by atoms with Crippen LogP contribution in [0.15, 0.2) is 70.0 Å². The molecule has 0 bridgehead atoms. The van der Waals surface area contributed by atoms with Crippen LogP contribution < -0.4 is 4.90 Å². The lowest BCUT2D eigenvalue weighted by molar-refractivity contribution is -0.113. The minimum atomic E-state index is -1.04. The minimum absolute atomic E-state index is 0.0664. The van der Waals surface area contributed by atoms with Crippen LogP contribution in [0.4, 0.5) is 5.69 Å². The Morgan fingerprint density at radius 1 is 1.06 bits per heavy atom. The Hall–Kier alpha value is -3.49. The maximum Gasteiger partial charge on any atom is 0.335 e. The van der Waals surface area contributed by atoms with Crippen LogP contribution in [0.3, 0.4) is 0 Å². The number of benzene rings is 2. The fourth-order valence-electron chi connectivity index (χ4n) is 3.15. The van der Waals surface area contributed by atoms with E-state index >= 15 is 0 Å². The number of hydrogen-bond donors (Lipinski definition) is 1. The first-order valence-electron chi connectivity index (χ1n) is 9.16. The van der Waals surface area contributed by atoms with Crippen LogP contribution in [0.1, 0.15) is 33.4 Å². The van der Waals surface area contributed by atoms with E-state index in [1.807, 2.05) is 6.07 Å². The van der Waals surface area contributed by atoms with Gasteiger partial charge in [-0.05, 0) is 43.3 Å². The molecule has 0 unspecified atom stereocenters. The lowest BCUT2D eigenvalue weighted by Gasteiger charge is -2.14. The van der Waals surface area contributed by atoms with Gasteiger partial charge in [0, 0.05) is 17.2 Å². The van der Waals surface area contributed by atoms with Gasteiger partial charge in [-0.2, -0.15) is 0 Å². The summed E-state index contributed by atoms with van der Waals surface area (Å²) in [5.41, 5.74) is 1.85. The normalized spacial score (nSPS) is 15.0. The number of carbonyl (C=O) groups is 3. The molecule has 1 aromatic heterocycles. The first-order valence-corrected chi connectivity index (χ1v) is 10.4. The molecule has 1 N–H and O–H groups in total. The Kier molecular flexibility index (Phi) is 5.58. The van der Waals surface area contributed by atoms with E-state index in [-0.39, 0.29) is 17.3 Å². The topological polar surface area (TPSA) is 87.8 Å². The van der Waals surface area contributed by atoms with E-state index in [9.17, 15) is 14.4 Å². The van der Waals surface area contributed by atoms with Gasteiger partial charge in [0.2, 0.25) is 0 Å². The highest BCUT2D eigenvalue weighted by Gasteiger charge is 2.33. The van der Waals surface area contributed by atoms with Gasteiger partial charge in [-0.15, -0.1) is 0 Å². The summed E-state index contributed by atoms with van der Waals surface area (Å²) in [6, 6.07) is 16.6. The summed E-state index contributed by atoms with van der Waals surface area (Å²) in [5, 5.41) is 9.03. The SMILES string of the molecule is CC(=O)c1ccccc1-c1ccc(/C=C2\SC(=S)N(c3ccc(C(=O)O)cc3)C2=O)o1. The molecule has 0 atom stereocenters. The van der Waals surface area contributed by atoms with E-state index in [0.717, 1.165) is 11.8 Å². The third-order valence-electron chi connectivity index (χ3n) is 4.64. The predicted octanol–water partition coefficient (Wildman–Crippen LogP) is 5.25. The van der Waals surface area contributed by atoms with E-state index in [1.54, 1.807) is 48.5 Å². The van der Waals surface area contributed by atoms with E-state index < -0.39 is 5.97 Å². The maximum atomic E-state index is 12.9. The zero-order valence-corrected chi connectivity index (χ0v) is 17.8. The Balaban J connectivity index is 1.61. The molecule has 4 rings (SSSR count). The minimum Gasteiger partial charge on any atom is -0.478 e. The number of carbonyl (C=O) groups excluding carboxylic acids is 2. The largest absolute Gasteiger partial charge is 0.478 e. The van der Waals surface area contributed by atoms with Gasteiger partial charge < -0.3 is 9.52 Å². The van der Waals surface area contributed by atoms with Crippen LogP contribution in [-0.4, -0.2) is 27.1 Å². The predicted molar refractivity (Wildman–Crippen MR) is 123 cm³/mol. The van der Waals surface area contributed by atoms with Crippen molar-refractivity contribution in [3.63, 3.8) is 0 Å². The van der Waals surface area contributed by atoms with Crippen molar-refractivity contribution in [3.05, 3.63) is 82.5 Å². The molecular weight excluding hydrogens is 434 g/mol. The number of furan rings is 1. The number of Topliss-reactive ketones (excluding diaryl/α,β-unsaturated/α-hetero) is 1. The first kappa shape index (κ1) is 20.8. The third-order valence-corrected chi connectivity index (χ3v) is 5.94. The summed E-state index contributed by atoms with van der Waals surface area (Å²) in [5.74, 6) is -0.452. The van der Waals surface area contributed by atoms with Gasteiger partial charge in [-0.3, -0.25) is 14.5 Å². The van der Waals surface area contributed by atoms with Crippen LogP contribution in [0.2, 0.25) is 0 Å². The fourth-order valence-corrected chi connectivity index (χ4v) is 4.43. The van der Waals surface area contributed by atoms with E-state index in [2.05, 4.69) is 0 Å². The second-order valence-electron chi connectivity index (χ2n) is 6.67. The van der Waals surface area contributed by atoms with Gasteiger partial charge >= 0.3 is 5.97 Å². The molecular formula is C23H15NO5S2. The number of thioether (sulfide) groups is 1. The van der Waals surface area contributed by atoms with Gasteiger partial charge in [-0.1, -0.05) is 48.2 Å². The summed E-state index contributed by atoms with van der Waals surface area (Å²) < 4.78 is 6.21. The molecule has 0 spiro atoms. The summed E-state index contributed by atoms with van der Waals surface area (Å²) in [7, 11) is 0. The summed E-state index contributed by atoms with van der Waals surface area (Å²) >= 11 is 6.48. The second-order valence-corrected chi connectivity index (χ2v) is 8.35. The van der Waals surface area contributed by atoms with Crippen molar-refractivity contribution in [2.24, 2.45) is 0 Å². The Morgan fingerprint density at radius 2 is 1.77 bits per heavy atom. The number of aromatic carboxylic acids is 1. The van der Waals surface area contributed by atoms with Crippen LogP contribution >= 0.6 is 24.0 Å². The summed E-state index contributed by atoms with van der Waals surface area (Å²) in [6.07, 6.45) is 1.60. The smallest absolute Gasteiger partial charge is 0.335 e. The number of thiocarbonyl (C=S) groups is 1. The van der Waals surface area contributed by atoms with Crippen molar-refractivity contribution in [1.82, 2.24) is 0 Å². The second kappa shape index (κ2) is 8.33. The van der Waals surface area contributed by atoms with Crippen molar-refractivity contribution >= 4 is 57.7 Å². The standard InChI is InChI=1S/C23H15NO5S2/c1-13(25)17-4-2-3-5-18(17)19-11-10-16(29-19)12-20-21(26)24(23(30)31-20)15-8-6-14(7-9-15)22(27)28/h2-12H,1H3,(H,27,28)/b20-12-. The van der Waals surface area contributed by atoms with Crippen LogP contribution in [0, 0.1) is 0 Å². The number of hydrogen-bond acceptors (Lipinski definition) is 6. The highest BCUT2D eigenvalue weighted by molar-refractivity contribution is 8.27. The lowest BCUT2D eigenvalue weighted by Crippen LogP contribution is -2.27. The molecule has 6 nitrogen and oxygen atoms in total. The third kappa shape index (κ3) is 4.08. The zero-order valence-electron chi connectivity index (χ0n) is 16.2. The average Bonchev–Trinajstić information content (AvgIpc) is 3.32. The maximum absolute atomic E-state index is 12.9. The molecule has 2 heterocycles. The van der Waals surface area contributed by atoms with Crippen LogP contribution in [0.25, 0.3) is 17.4 Å². The quantitative estimate of drug-likeness (QED) is 0.323. The number of anilines is 1. The summed E-state index contributed by atoms with van der Waals surface area (Å²) in [6.45, 7) is 1.50. The monoisotopic (exact) mass is 449 g/mol. The molecule has 8 heteroatoms. The van der Waals surface area contributed by atoms with Gasteiger partial charge in [0.25, 0.3) is 5.91 Å². The Labute approximate surface area is 187 Å². The van der Waals surface area contributed by atoms with E-state index in [0.29, 0.717) is 37.6 Å². The Morgan fingerprint density at radius 3 is 2.45 bits per heavy atom. The molecule has 2 aromatic carbocycles. The number of amides is 1. The van der Waals surface area contributed by atoms with Crippen molar-refractivity contribution in [3.8, 4) is 11.3 Å². The number of rotatable bonds is 5. The highest BCUT2D eigenvalue weighted by Crippen LogP contribution is 2.37. The fraction of sp³-hybridized carbons (Fsp3) is 0.0435. The molecule has 31 heavy (non-hydrogen) atoms. The van der Waals surface area contributed by atoms with E-state index in [1.165, 1.54) is 24.0 Å². The molecule has 0 aliphatic carbocycles. The average molecular weight is 450 g/mol. The van der Waals surface area contributed by atoms with Crippen molar-refractivity contribution < 1.29 is 23.9 Å². The lowest BCUT2D eigenvalue weighted by atomic mass is 10.0. The van der Waals surface area contributed by atoms with Crippen LogP contribution in [-0.2, 0) is 4.79 Å². The number of carboxylic acids is 1. The molecule has 1 aliphatic rings. The van der Waals surface area contributed by atoms with Crippen molar-refractivity contribution in [2.45, 2.75) is 6.92 Å². The van der Waals surface area contributed by atoms with Gasteiger partial charge in [0.15, 0.2) is 10.1 Å². The van der Waals surface area contributed by atoms with Gasteiger partial charge in [0.05, 0.1) is 16.2 Å². The molecule has 0 radical (unpaired) electrons. The summed E-state index contributed by atoms with van der Waals surface area (Å²) in [4.78, 5) is 37.6. The Bertz CT molecular complexity index is 1260. The molecule has 3 aromatic rings.